The van der Waals surface area contributed by atoms with Crippen LogP contribution in [-0.4, -0.2) is 4.98 Å². The number of halogens is 3. The van der Waals surface area contributed by atoms with Gasteiger partial charge in [0.05, 0.1) is 5.03 Å². The van der Waals surface area contributed by atoms with Gasteiger partial charge in [0.2, 0.25) is 0 Å². The maximum atomic E-state index is 12.9. The third-order valence-electron chi connectivity index (χ3n) is 2.09. The Labute approximate surface area is 120 Å². The van der Waals surface area contributed by atoms with Crippen LogP contribution in [0.1, 0.15) is 5.56 Å². The van der Waals surface area contributed by atoms with Gasteiger partial charge in [-0.05, 0) is 45.8 Å². The van der Waals surface area contributed by atoms with Crippen LogP contribution in [-0.2, 0) is 5.75 Å². The minimum absolute atomic E-state index is 0.229. The van der Waals surface area contributed by atoms with E-state index < -0.39 is 0 Å². The monoisotopic (exact) mass is 375 g/mol. The van der Waals surface area contributed by atoms with Gasteiger partial charge in [-0.25, -0.2) is 9.37 Å². The van der Waals surface area contributed by atoms with E-state index in [4.69, 9.17) is 0 Å². The highest BCUT2D eigenvalue weighted by molar-refractivity contribution is 9.10. The molecular weight excluding hydrogens is 369 g/mol. The van der Waals surface area contributed by atoms with Crippen LogP contribution in [0.15, 0.2) is 50.5 Å². The van der Waals surface area contributed by atoms with Gasteiger partial charge in [-0.15, -0.1) is 11.8 Å². The summed E-state index contributed by atoms with van der Waals surface area (Å²) in [5, 5.41) is 0.949. The number of pyridine rings is 1. The second kappa shape index (κ2) is 5.98. The van der Waals surface area contributed by atoms with E-state index in [0.29, 0.717) is 0 Å². The van der Waals surface area contributed by atoms with Crippen molar-refractivity contribution in [1.29, 1.82) is 0 Å². The van der Waals surface area contributed by atoms with Crippen molar-refractivity contribution in [1.82, 2.24) is 4.98 Å². The summed E-state index contributed by atoms with van der Waals surface area (Å²) in [5.41, 5.74) is 1.06. The van der Waals surface area contributed by atoms with Crippen molar-refractivity contribution >= 4 is 43.6 Å². The van der Waals surface area contributed by atoms with Crippen LogP contribution in [0, 0.1) is 5.82 Å². The molecule has 1 aromatic carbocycles. The molecule has 0 bridgehead atoms. The van der Waals surface area contributed by atoms with Gasteiger partial charge >= 0.3 is 0 Å². The Hall–Kier alpha value is -0.390. The van der Waals surface area contributed by atoms with Gasteiger partial charge in [0.25, 0.3) is 0 Å². The summed E-state index contributed by atoms with van der Waals surface area (Å²) < 4.78 is 14.7. The third kappa shape index (κ3) is 3.79. The second-order valence-corrected chi connectivity index (χ2v) is 6.10. The van der Waals surface area contributed by atoms with Gasteiger partial charge in [0.15, 0.2) is 0 Å². The molecule has 0 saturated carbocycles. The molecule has 0 fully saturated rings. The van der Waals surface area contributed by atoms with Gasteiger partial charge in [0.1, 0.15) is 5.82 Å². The Bertz CT molecular complexity index is 516. The van der Waals surface area contributed by atoms with Crippen molar-refractivity contribution in [2.75, 3.05) is 0 Å². The standard InChI is InChI=1S/C12H8Br2FNS/c13-9-2-4-12(16-6-9)17-7-8-1-3-10(15)5-11(8)14/h1-6H,7H2. The van der Waals surface area contributed by atoms with E-state index in [0.717, 1.165) is 25.3 Å². The summed E-state index contributed by atoms with van der Waals surface area (Å²) in [6.07, 6.45) is 1.77. The van der Waals surface area contributed by atoms with E-state index in [2.05, 4.69) is 36.8 Å². The molecule has 1 heterocycles. The predicted molar refractivity (Wildman–Crippen MR) is 75.6 cm³/mol. The normalized spacial score (nSPS) is 10.5. The van der Waals surface area contributed by atoms with E-state index in [1.54, 1.807) is 24.0 Å². The lowest BCUT2D eigenvalue weighted by molar-refractivity contribution is 0.626. The van der Waals surface area contributed by atoms with Crippen LogP contribution in [0.2, 0.25) is 0 Å². The maximum Gasteiger partial charge on any atom is 0.124 e. The molecule has 2 rings (SSSR count). The van der Waals surface area contributed by atoms with Gasteiger partial charge in [0, 0.05) is 20.9 Å². The summed E-state index contributed by atoms with van der Waals surface area (Å²) in [4.78, 5) is 4.27. The molecule has 2 aromatic rings. The first-order valence-electron chi connectivity index (χ1n) is 4.83. The second-order valence-electron chi connectivity index (χ2n) is 3.34. The zero-order chi connectivity index (χ0) is 12.3. The molecule has 0 aliphatic rings. The van der Waals surface area contributed by atoms with Crippen LogP contribution >= 0.6 is 43.6 Å². The smallest absolute Gasteiger partial charge is 0.124 e. The highest BCUT2D eigenvalue weighted by Crippen LogP contribution is 2.26. The molecular formula is C12H8Br2FNS. The van der Waals surface area contributed by atoms with Crippen molar-refractivity contribution in [2.24, 2.45) is 0 Å². The number of rotatable bonds is 3. The van der Waals surface area contributed by atoms with E-state index in [9.17, 15) is 4.39 Å². The average Bonchev–Trinajstić information content (AvgIpc) is 2.30. The van der Waals surface area contributed by atoms with Crippen LogP contribution in [0.4, 0.5) is 4.39 Å². The molecule has 1 aromatic heterocycles. The molecule has 0 unspecified atom stereocenters. The van der Waals surface area contributed by atoms with Gasteiger partial charge in [-0.3, -0.25) is 0 Å². The molecule has 0 saturated heterocycles. The molecule has 0 amide bonds. The quantitative estimate of drug-likeness (QED) is 0.696. The van der Waals surface area contributed by atoms with Gasteiger partial charge in [-0.2, -0.15) is 0 Å². The van der Waals surface area contributed by atoms with Crippen LogP contribution < -0.4 is 0 Å². The van der Waals surface area contributed by atoms with Gasteiger partial charge < -0.3 is 0 Å². The van der Waals surface area contributed by atoms with E-state index >= 15 is 0 Å². The van der Waals surface area contributed by atoms with Crippen molar-refractivity contribution in [3.8, 4) is 0 Å². The fourth-order valence-electron chi connectivity index (χ4n) is 1.24. The molecule has 17 heavy (non-hydrogen) atoms. The summed E-state index contributed by atoms with van der Waals surface area (Å²) in [5.74, 6) is 0.530. The molecule has 0 aliphatic carbocycles. The average molecular weight is 377 g/mol. The van der Waals surface area contributed by atoms with Crippen molar-refractivity contribution in [3.63, 3.8) is 0 Å². The Morgan fingerprint density at radius 3 is 2.65 bits per heavy atom. The Balaban J connectivity index is 2.04. The van der Waals surface area contributed by atoms with Gasteiger partial charge in [-0.1, -0.05) is 22.0 Å². The summed E-state index contributed by atoms with van der Waals surface area (Å²) >= 11 is 8.31. The molecule has 0 atom stereocenters. The molecule has 88 valence electrons. The first-order valence-corrected chi connectivity index (χ1v) is 7.40. The van der Waals surface area contributed by atoms with Crippen LogP contribution in [0.5, 0.6) is 0 Å². The maximum absolute atomic E-state index is 12.9. The van der Waals surface area contributed by atoms with Crippen LogP contribution in [0.25, 0.3) is 0 Å². The number of benzene rings is 1. The fraction of sp³-hybridized carbons (Fsp3) is 0.0833. The first kappa shape index (κ1) is 13.1. The number of hydrogen-bond acceptors (Lipinski definition) is 2. The molecule has 5 heteroatoms. The molecule has 0 radical (unpaired) electrons. The van der Waals surface area contributed by atoms with Crippen LogP contribution in [0.3, 0.4) is 0 Å². The van der Waals surface area contributed by atoms with E-state index in [1.165, 1.54) is 12.1 Å². The van der Waals surface area contributed by atoms with E-state index in [-0.39, 0.29) is 5.82 Å². The Morgan fingerprint density at radius 1 is 1.18 bits per heavy atom. The minimum atomic E-state index is -0.229. The fourth-order valence-corrected chi connectivity index (χ4v) is 3.00. The predicted octanol–water partition coefficient (Wildman–Crippen LogP) is 5.04. The molecule has 0 spiro atoms. The Morgan fingerprint density at radius 2 is 2.00 bits per heavy atom. The minimum Gasteiger partial charge on any atom is -0.249 e. The highest BCUT2D eigenvalue weighted by Gasteiger charge is 2.03. The zero-order valence-corrected chi connectivity index (χ0v) is 12.6. The number of thioether (sulfide) groups is 1. The SMILES string of the molecule is Fc1ccc(CSc2ccc(Br)cn2)c(Br)c1. The molecule has 0 N–H and O–H groups in total. The van der Waals surface area contributed by atoms with Crippen molar-refractivity contribution in [2.45, 2.75) is 10.8 Å². The topological polar surface area (TPSA) is 12.9 Å². The number of nitrogens with zero attached hydrogens (tertiary/aromatic N) is 1. The highest BCUT2D eigenvalue weighted by atomic mass is 79.9. The number of hydrogen-bond donors (Lipinski definition) is 0. The lowest BCUT2D eigenvalue weighted by Gasteiger charge is -2.04. The lowest BCUT2D eigenvalue weighted by Crippen LogP contribution is -1.86. The summed E-state index contributed by atoms with van der Waals surface area (Å²) in [7, 11) is 0. The third-order valence-corrected chi connectivity index (χ3v) is 4.29. The molecule has 0 aliphatic heterocycles. The zero-order valence-electron chi connectivity index (χ0n) is 8.66. The van der Waals surface area contributed by atoms with Crippen molar-refractivity contribution in [3.05, 3.63) is 56.9 Å². The van der Waals surface area contributed by atoms with E-state index in [1.807, 2.05) is 12.1 Å². The summed E-state index contributed by atoms with van der Waals surface area (Å²) in [6, 6.07) is 8.63. The lowest BCUT2D eigenvalue weighted by atomic mass is 10.2. The number of aromatic nitrogens is 1. The Kier molecular flexibility index (Phi) is 4.59. The summed E-state index contributed by atoms with van der Waals surface area (Å²) in [6.45, 7) is 0. The largest absolute Gasteiger partial charge is 0.249 e. The molecule has 1 nitrogen and oxygen atoms in total. The first-order chi connectivity index (χ1) is 8.15. The van der Waals surface area contributed by atoms with Crippen molar-refractivity contribution < 1.29 is 4.39 Å².